The minimum absolute atomic E-state index is 0.0522. The lowest BCUT2D eigenvalue weighted by Crippen LogP contribution is -2.56. The first-order valence-electron chi connectivity index (χ1n) is 21.4. The first-order valence-corrected chi connectivity index (χ1v) is 21.4. The van der Waals surface area contributed by atoms with Crippen molar-refractivity contribution in [2.75, 3.05) is 27.3 Å². The number of piperidine rings is 2. The summed E-state index contributed by atoms with van der Waals surface area (Å²) in [4.78, 5) is 61.6. The zero-order valence-electron chi connectivity index (χ0n) is 35.4. The SMILES string of the molecule is C=C(N[C@H](C(=O)N1C[C@H]2CC[C@@]1(c1ncc(-c3ccc4cc(-c5ccc6nc([C@@]78CC[C@H](CN7C(=O)[C@@H](NC(=O)OC)C(C)C)C8)[nH]c6c5)ccc4c3)[nH]1)C2)C(C)C)OC. The lowest BCUT2D eigenvalue weighted by molar-refractivity contribution is -0.141. The molecule has 4 bridgehead atoms. The number of likely N-dealkylation sites (tertiary alicyclic amines) is 2. The van der Waals surface area contributed by atoms with E-state index in [1.54, 1.807) is 7.11 Å². The van der Waals surface area contributed by atoms with Crippen molar-refractivity contribution in [3.05, 3.63) is 84.9 Å². The highest BCUT2D eigenvalue weighted by molar-refractivity contribution is 5.92. The molecule has 2 aliphatic heterocycles. The summed E-state index contributed by atoms with van der Waals surface area (Å²) in [6.45, 7) is 13.2. The molecule has 0 unspecified atom stereocenters. The number of aromatic amines is 2. The second-order valence-electron chi connectivity index (χ2n) is 18.3. The standard InChI is InChI=1S/C47H56N8O5/c1-26(2)39(49-28(5)59-6)41(56)54-24-29-14-16-46(54,21-29)43-48-23-38(52-43)35-11-10-31-18-32(8-9-33(31)19-35)34-12-13-36-37(20-34)51-44(50-36)47-17-15-30(22-47)25-55(47)42(57)40(27(3)4)53-45(58)60-7/h8-13,18-20,23,26-27,29-30,39-40,49H,5,14-17,21-22,24-25H2,1-4,6-7H3,(H,48,52)(H,50,51)(H,53,58)/t29-,30-,39-,40-,46-,47-/m0/s1. The van der Waals surface area contributed by atoms with Crippen molar-refractivity contribution in [3.8, 4) is 22.4 Å². The zero-order chi connectivity index (χ0) is 42.1. The van der Waals surface area contributed by atoms with E-state index in [0.717, 1.165) is 101 Å². The molecule has 2 saturated carbocycles. The number of hydrogen-bond donors (Lipinski definition) is 4. The fourth-order valence-corrected chi connectivity index (χ4v) is 10.7. The molecule has 3 aromatic carbocycles. The molecule has 2 saturated heterocycles. The number of nitrogens with zero attached hydrogens (tertiary/aromatic N) is 4. The van der Waals surface area contributed by atoms with E-state index in [0.29, 0.717) is 24.3 Å². The summed E-state index contributed by atoms with van der Waals surface area (Å²) in [7, 11) is 2.87. The molecule has 60 heavy (non-hydrogen) atoms. The second-order valence-corrected chi connectivity index (χ2v) is 18.3. The van der Waals surface area contributed by atoms with Crippen molar-refractivity contribution in [2.45, 2.75) is 89.4 Å². The number of rotatable bonds is 12. The minimum Gasteiger partial charge on any atom is -0.483 e. The van der Waals surface area contributed by atoms with Gasteiger partial charge >= 0.3 is 6.09 Å². The smallest absolute Gasteiger partial charge is 0.407 e. The average Bonchev–Trinajstić information content (AvgIpc) is 4.12. The number of hydrogen-bond acceptors (Lipinski definition) is 8. The first kappa shape index (κ1) is 39.6. The molecule has 4 aliphatic rings. The van der Waals surface area contributed by atoms with Crippen molar-refractivity contribution in [2.24, 2.45) is 23.7 Å². The van der Waals surface area contributed by atoms with Crippen molar-refractivity contribution in [1.82, 2.24) is 40.4 Å². The van der Waals surface area contributed by atoms with E-state index in [4.69, 9.17) is 19.4 Å². The molecule has 13 heteroatoms. The van der Waals surface area contributed by atoms with Gasteiger partial charge < -0.3 is 39.9 Å². The van der Waals surface area contributed by atoms with Crippen LogP contribution in [0.2, 0.25) is 0 Å². The van der Waals surface area contributed by atoms with E-state index < -0.39 is 29.3 Å². The van der Waals surface area contributed by atoms with Gasteiger partial charge in [-0.15, -0.1) is 0 Å². The van der Waals surface area contributed by atoms with E-state index in [-0.39, 0.29) is 23.7 Å². The van der Waals surface area contributed by atoms with Crippen LogP contribution in [0.1, 0.15) is 77.9 Å². The Morgan fingerprint density at radius 3 is 1.92 bits per heavy atom. The average molecular weight is 813 g/mol. The van der Waals surface area contributed by atoms with E-state index in [1.165, 1.54) is 7.11 Å². The Kier molecular flexibility index (Phi) is 9.90. The molecule has 4 fully saturated rings. The summed E-state index contributed by atoms with van der Waals surface area (Å²) in [5.74, 6) is 2.81. The molecule has 4 N–H and O–H groups in total. The number of alkyl carbamates (subject to hydrolysis) is 1. The van der Waals surface area contributed by atoms with Crippen LogP contribution in [-0.2, 0) is 30.1 Å². The van der Waals surface area contributed by atoms with Crippen LogP contribution in [0.25, 0.3) is 44.2 Å². The van der Waals surface area contributed by atoms with Gasteiger partial charge in [0.15, 0.2) is 5.88 Å². The van der Waals surface area contributed by atoms with E-state index in [2.05, 4.69) is 86.7 Å². The summed E-state index contributed by atoms with van der Waals surface area (Å²) in [6.07, 6.45) is 6.87. The Balaban J connectivity index is 0.952. The largest absolute Gasteiger partial charge is 0.483 e. The molecular formula is C47H56N8O5. The van der Waals surface area contributed by atoms with Crippen molar-refractivity contribution in [1.29, 1.82) is 0 Å². The van der Waals surface area contributed by atoms with Crippen LogP contribution in [0.4, 0.5) is 4.79 Å². The van der Waals surface area contributed by atoms with Crippen molar-refractivity contribution >= 4 is 39.7 Å². The lowest BCUT2D eigenvalue weighted by Gasteiger charge is -2.40. The molecule has 3 amide bonds. The Morgan fingerprint density at radius 2 is 1.32 bits per heavy atom. The van der Waals surface area contributed by atoms with Gasteiger partial charge in [0, 0.05) is 18.7 Å². The fraction of sp³-hybridized carbons (Fsp3) is 0.468. The third-order valence-corrected chi connectivity index (χ3v) is 13.9. The number of ether oxygens (including phenoxy) is 2. The van der Waals surface area contributed by atoms with Crippen LogP contribution in [0.5, 0.6) is 0 Å². The number of carbonyl (C=O) groups is 3. The normalized spacial score (nSPS) is 24.1. The number of fused-ring (bicyclic) bond motifs is 6. The second kappa shape index (κ2) is 15.0. The van der Waals surface area contributed by atoms with Gasteiger partial charge in [-0.1, -0.05) is 58.0 Å². The van der Waals surface area contributed by atoms with Crippen molar-refractivity contribution < 1.29 is 23.9 Å². The number of benzene rings is 3. The Labute approximate surface area is 350 Å². The minimum atomic E-state index is -0.686. The maximum absolute atomic E-state index is 14.1. The van der Waals surface area contributed by atoms with Crippen molar-refractivity contribution in [3.63, 3.8) is 0 Å². The monoisotopic (exact) mass is 812 g/mol. The summed E-state index contributed by atoms with van der Waals surface area (Å²) < 4.78 is 10.1. The quantitative estimate of drug-likeness (QED) is 0.0941. The highest BCUT2D eigenvalue weighted by Gasteiger charge is 2.57. The third-order valence-electron chi connectivity index (χ3n) is 13.9. The molecule has 13 nitrogen and oxygen atoms in total. The van der Waals surface area contributed by atoms with Crippen LogP contribution in [0, 0.1) is 23.7 Å². The van der Waals surface area contributed by atoms with Gasteiger partial charge in [0.05, 0.1) is 37.1 Å². The van der Waals surface area contributed by atoms with E-state index in [9.17, 15) is 14.4 Å². The predicted molar refractivity (Wildman–Crippen MR) is 230 cm³/mol. The molecule has 5 aromatic rings. The molecule has 6 atom stereocenters. The zero-order valence-corrected chi connectivity index (χ0v) is 35.4. The fourth-order valence-electron chi connectivity index (χ4n) is 10.7. The molecule has 0 spiro atoms. The Morgan fingerprint density at radius 1 is 0.750 bits per heavy atom. The topological polar surface area (TPSA) is 158 Å². The van der Waals surface area contributed by atoms with Gasteiger partial charge in [-0.25, -0.2) is 14.8 Å². The van der Waals surface area contributed by atoms with Gasteiger partial charge in [-0.2, -0.15) is 0 Å². The Bertz CT molecular complexity index is 2510. The molecule has 0 radical (unpaired) electrons. The Hall–Kier alpha value is -5.85. The first-order chi connectivity index (χ1) is 28.8. The van der Waals surface area contributed by atoms with Crippen LogP contribution in [-0.4, -0.2) is 87.0 Å². The highest BCUT2D eigenvalue weighted by Crippen LogP contribution is 2.54. The molecule has 9 rings (SSSR count). The van der Waals surface area contributed by atoms with Gasteiger partial charge in [-0.3, -0.25) is 9.59 Å². The molecular weight excluding hydrogens is 757 g/mol. The van der Waals surface area contributed by atoms with E-state index >= 15 is 0 Å². The highest BCUT2D eigenvalue weighted by atomic mass is 16.5. The number of imidazole rings is 2. The van der Waals surface area contributed by atoms with Crippen LogP contribution in [0.15, 0.2) is 73.3 Å². The van der Waals surface area contributed by atoms with Crippen LogP contribution < -0.4 is 10.6 Å². The van der Waals surface area contributed by atoms with Gasteiger partial charge in [0.1, 0.15) is 34.8 Å². The maximum Gasteiger partial charge on any atom is 0.407 e. The van der Waals surface area contributed by atoms with Gasteiger partial charge in [-0.05, 0) is 115 Å². The molecule has 2 aromatic heterocycles. The molecule has 4 heterocycles. The number of methoxy groups -OCH3 is 2. The summed E-state index contributed by atoms with van der Waals surface area (Å²) in [5, 5.41) is 8.21. The maximum atomic E-state index is 14.1. The number of amides is 3. The summed E-state index contributed by atoms with van der Waals surface area (Å²) in [6, 6.07) is 18.2. The number of H-pyrrole nitrogens is 2. The van der Waals surface area contributed by atoms with E-state index in [1.807, 2.05) is 38.8 Å². The third kappa shape index (κ3) is 6.57. The molecule has 314 valence electrons. The number of nitrogens with one attached hydrogen (secondary N) is 4. The van der Waals surface area contributed by atoms with Gasteiger partial charge in [0.25, 0.3) is 0 Å². The van der Waals surface area contributed by atoms with Crippen LogP contribution >= 0.6 is 0 Å². The summed E-state index contributed by atoms with van der Waals surface area (Å²) >= 11 is 0. The predicted octanol–water partition coefficient (Wildman–Crippen LogP) is 7.56. The number of aromatic nitrogens is 4. The number of carbonyl (C=O) groups excluding carboxylic acids is 3. The lowest BCUT2D eigenvalue weighted by atomic mass is 9.93. The van der Waals surface area contributed by atoms with Gasteiger partial charge in [0.2, 0.25) is 11.8 Å². The van der Waals surface area contributed by atoms with Crippen LogP contribution in [0.3, 0.4) is 0 Å². The summed E-state index contributed by atoms with van der Waals surface area (Å²) in [5.41, 5.74) is 4.90. The molecule has 2 aliphatic carbocycles.